The number of hydrogen-bond acceptors (Lipinski definition) is 2. The standard InChI is InChI=1S/C13H8ClF2N3/c1-19-6-7(11-8(15)3-2-4-10(11)19)12-9(16)5-17-13(14)18-12/h2-6H,1H3. The predicted molar refractivity (Wildman–Crippen MR) is 68.9 cm³/mol. The van der Waals surface area contributed by atoms with E-state index in [0.717, 1.165) is 6.20 Å². The van der Waals surface area contributed by atoms with Crippen molar-refractivity contribution >= 4 is 22.5 Å². The maximum Gasteiger partial charge on any atom is 0.223 e. The van der Waals surface area contributed by atoms with Gasteiger partial charge in [-0.15, -0.1) is 0 Å². The molecule has 3 rings (SSSR count). The predicted octanol–water partition coefficient (Wildman–Crippen LogP) is 3.57. The molecule has 0 unspecified atom stereocenters. The Kier molecular flexibility index (Phi) is 2.71. The molecule has 0 spiro atoms. The Morgan fingerprint density at radius 1 is 1.21 bits per heavy atom. The van der Waals surface area contributed by atoms with E-state index >= 15 is 0 Å². The van der Waals surface area contributed by atoms with Gasteiger partial charge in [-0.05, 0) is 23.7 Å². The van der Waals surface area contributed by atoms with Gasteiger partial charge in [-0.25, -0.2) is 18.7 Å². The third kappa shape index (κ3) is 1.86. The maximum absolute atomic E-state index is 14.0. The Morgan fingerprint density at radius 3 is 2.79 bits per heavy atom. The van der Waals surface area contributed by atoms with E-state index in [1.807, 2.05) is 0 Å². The molecule has 2 aromatic heterocycles. The fourth-order valence-electron chi connectivity index (χ4n) is 2.12. The summed E-state index contributed by atoms with van der Waals surface area (Å²) in [4.78, 5) is 7.40. The number of aryl methyl sites for hydroxylation is 1. The van der Waals surface area contributed by atoms with E-state index in [2.05, 4.69) is 9.97 Å². The van der Waals surface area contributed by atoms with Crippen LogP contribution < -0.4 is 0 Å². The number of benzene rings is 1. The molecular formula is C13H8ClF2N3. The number of nitrogens with zero attached hydrogens (tertiary/aromatic N) is 3. The van der Waals surface area contributed by atoms with Crippen LogP contribution in [0.3, 0.4) is 0 Å². The van der Waals surface area contributed by atoms with Crippen LogP contribution in [0.5, 0.6) is 0 Å². The fourth-order valence-corrected chi connectivity index (χ4v) is 2.25. The molecule has 0 radical (unpaired) electrons. The van der Waals surface area contributed by atoms with Crippen molar-refractivity contribution in [2.75, 3.05) is 0 Å². The Balaban J connectivity index is 2.40. The van der Waals surface area contributed by atoms with Crippen LogP contribution >= 0.6 is 11.6 Å². The lowest BCUT2D eigenvalue weighted by molar-refractivity contribution is 0.617. The summed E-state index contributed by atoms with van der Waals surface area (Å²) in [6.45, 7) is 0. The SMILES string of the molecule is Cn1cc(-c2nc(Cl)ncc2F)c2c(F)cccc21. The molecule has 2 heterocycles. The molecule has 0 aliphatic rings. The second-order valence-corrected chi connectivity index (χ2v) is 4.46. The smallest absolute Gasteiger partial charge is 0.223 e. The van der Waals surface area contributed by atoms with Gasteiger partial charge in [-0.2, -0.15) is 0 Å². The van der Waals surface area contributed by atoms with Crippen LogP contribution in [0.15, 0.2) is 30.6 Å². The Morgan fingerprint density at radius 2 is 2.00 bits per heavy atom. The molecule has 0 bridgehead atoms. The van der Waals surface area contributed by atoms with E-state index < -0.39 is 11.6 Å². The summed E-state index contributed by atoms with van der Waals surface area (Å²) in [6.07, 6.45) is 2.60. The number of aromatic nitrogens is 3. The lowest BCUT2D eigenvalue weighted by Crippen LogP contribution is -1.92. The normalized spacial score (nSPS) is 11.2. The first kappa shape index (κ1) is 12.0. The lowest BCUT2D eigenvalue weighted by atomic mass is 10.1. The summed E-state index contributed by atoms with van der Waals surface area (Å²) in [6, 6.07) is 4.68. The Labute approximate surface area is 112 Å². The molecule has 0 amide bonds. The highest BCUT2D eigenvalue weighted by Crippen LogP contribution is 2.32. The average molecular weight is 280 g/mol. The number of rotatable bonds is 1. The zero-order valence-corrected chi connectivity index (χ0v) is 10.6. The van der Waals surface area contributed by atoms with Gasteiger partial charge < -0.3 is 4.57 Å². The van der Waals surface area contributed by atoms with E-state index in [4.69, 9.17) is 11.6 Å². The maximum atomic E-state index is 14.0. The minimum atomic E-state index is -0.639. The van der Waals surface area contributed by atoms with Crippen molar-refractivity contribution in [1.29, 1.82) is 0 Å². The second kappa shape index (κ2) is 4.28. The highest BCUT2D eigenvalue weighted by atomic mass is 35.5. The first-order valence-corrected chi connectivity index (χ1v) is 5.87. The van der Waals surface area contributed by atoms with Gasteiger partial charge in [0.2, 0.25) is 5.28 Å². The van der Waals surface area contributed by atoms with Crippen LogP contribution in [0.2, 0.25) is 5.28 Å². The van der Waals surface area contributed by atoms with Crippen LogP contribution in [0.1, 0.15) is 0 Å². The highest BCUT2D eigenvalue weighted by Gasteiger charge is 2.17. The highest BCUT2D eigenvalue weighted by molar-refractivity contribution is 6.28. The monoisotopic (exact) mass is 279 g/mol. The summed E-state index contributed by atoms with van der Waals surface area (Å²) in [5.41, 5.74) is 1.01. The van der Waals surface area contributed by atoms with Crippen LogP contribution in [0, 0.1) is 11.6 Å². The molecule has 0 N–H and O–H groups in total. The zero-order valence-electron chi connectivity index (χ0n) is 9.86. The van der Waals surface area contributed by atoms with Crippen LogP contribution in [-0.4, -0.2) is 14.5 Å². The van der Waals surface area contributed by atoms with E-state index in [0.29, 0.717) is 16.5 Å². The van der Waals surface area contributed by atoms with E-state index in [-0.39, 0.29) is 11.0 Å². The molecule has 0 atom stereocenters. The molecule has 3 nitrogen and oxygen atoms in total. The molecule has 0 saturated carbocycles. The third-order valence-electron chi connectivity index (χ3n) is 2.93. The average Bonchev–Trinajstić information content (AvgIpc) is 2.72. The molecule has 0 aliphatic heterocycles. The first-order valence-electron chi connectivity index (χ1n) is 5.50. The molecule has 1 aromatic carbocycles. The van der Waals surface area contributed by atoms with Crippen molar-refractivity contribution < 1.29 is 8.78 Å². The molecule has 96 valence electrons. The summed E-state index contributed by atoms with van der Waals surface area (Å²) in [5, 5.41) is 0.239. The second-order valence-electron chi connectivity index (χ2n) is 4.12. The summed E-state index contributed by atoms with van der Waals surface area (Å²) < 4.78 is 29.5. The summed E-state index contributed by atoms with van der Waals surface area (Å²) in [7, 11) is 1.76. The topological polar surface area (TPSA) is 30.7 Å². The van der Waals surface area contributed by atoms with Crippen molar-refractivity contribution in [3.8, 4) is 11.3 Å². The van der Waals surface area contributed by atoms with Crippen LogP contribution in [0.25, 0.3) is 22.2 Å². The minimum absolute atomic E-state index is 0.00398. The van der Waals surface area contributed by atoms with Crippen molar-refractivity contribution in [1.82, 2.24) is 14.5 Å². The van der Waals surface area contributed by atoms with Crippen molar-refractivity contribution in [3.05, 3.63) is 47.5 Å². The van der Waals surface area contributed by atoms with Gasteiger partial charge >= 0.3 is 0 Å². The van der Waals surface area contributed by atoms with Gasteiger partial charge in [0.1, 0.15) is 11.5 Å². The molecule has 3 aromatic rings. The van der Waals surface area contributed by atoms with Gasteiger partial charge in [0.25, 0.3) is 0 Å². The molecule has 6 heteroatoms. The largest absolute Gasteiger partial charge is 0.350 e. The van der Waals surface area contributed by atoms with Gasteiger partial charge in [0.15, 0.2) is 5.82 Å². The van der Waals surface area contributed by atoms with Gasteiger partial charge in [-0.3, -0.25) is 0 Å². The molecule has 0 saturated heterocycles. The van der Waals surface area contributed by atoms with E-state index in [1.54, 1.807) is 29.9 Å². The van der Waals surface area contributed by atoms with Gasteiger partial charge in [0, 0.05) is 24.2 Å². The Bertz CT molecular complexity index is 783. The van der Waals surface area contributed by atoms with Crippen molar-refractivity contribution in [2.45, 2.75) is 0 Å². The van der Waals surface area contributed by atoms with Gasteiger partial charge in [0.05, 0.1) is 11.7 Å². The molecule has 0 aliphatic carbocycles. The van der Waals surface area contributed by atoms with E-state index in [9.17, 15) is 8.78 Å². The van der Waals surface area contributed by atoms with Crippen molar-refractivity contribution in [2.24, 2.45) is 7.05 Å². The number of halogens is 3. The molecule has 19 heavy (non-hydrogen) atoms. The molecule has 0 fully saturated rings. The summed E-state index contributed by atoms with van der Waals surface area (Å²) >= 11 is 5.68. The zero-order chi connectivity index (χ0) is 13.6. The van der Waals surface area contributed by atoms with Gasteiger partial charge in [-0.1, -0.05) is 6.07 Å². The number of fused-ring (bicyclic) bond motifs is 1. The first-order chi connectivity index (χ1) is 9.08. The molecular weight excluding hydrogens is 272 g/mol. The van der Waals surface area contributed by atoms with Crippen LogP contribution in [0.4, 0.5) is 8.78 Å². The lowest BCUT2D eigenvalue weighted by Gasteiger charge is -2.01. The quantitative estimate of drug-likeness (QED) is 0.638. The Hall–Kier alpha value is -2.01. The minimum Gasteiger partial charge on any atom is -0.350 e. The van der Waals surface area contributed by atoms with Crippen molar-refractivity contribution in [3.63, 3.8) is 0 Å². The number of hydrogen-bond donors (Lipinski definition) is 0. The van der Waals surface area contributed by atoms with E-state index in [1.165, 1.54) is 6.07 Å². The fraction of sp³-hybridized carbons (Fsp3) is 0.0769. The van der Waals surface area contributed by atoms with Crippen LogP contribution in [-0.2, 0) is 7.05 Å². The third-order valence-corrected chi connectivity index (χ3v) is 3.12. The summed E-state index contributed by atoms with van der Waals surface area (Å²) in [5.74, 6) is -1.07.